The summed E-state index contributed by atoms with van der Waals surface area (Å²) in [6.07, 6.45) is 1.91. The number of pyridine rings is 2. The molecule has 0 radical (unpaired) electrons. The molecule has 1 atom stereocenters. The molecule has 18 heavy (non-hydrogen) atoms. The second-order valence-corrected chi connectivity index (χ2v) is 4.78. The molecule has 1 aliphatic heterocycles. The predicted molar refractivity (Wildman–Crippen MR) is 69.0 cm³/mol. The first-order valence-corrected chi connectivity index (χ1v) is 6.31. The van der Waals surface area contributed by atoms with Crippen LogP contribution in [0.15, 0.2) is 22.8 Å². The zero-order valence-electron chi connectivity index (χ0n) is 9.72. The van der Waals surface area contributed by atoms with Crippen LogP contribution >= 0.6 is 15.9 Å². The first-order chi connectivity index (χ1) is 8.78. The van der Waals surface area contributed by atoms with Crippen LogP contribution in [-0.2, 0) is 4.74 Å². The number of hydrogen-bond acceptors (Lipinski definition) is 5. The SMILES string of the molecule is COc1ccc2ncc(Br)c(OCC3CO3)c2n1. The lowest BCUT2D eigenvalue weighted by atomic mass is 10.3. The summed E-state index contributed by atoms with van der Waals surface area (Å²) in [6.45, 7) is 1.29. The largest absolute Gasteiger partial charge is 0.487 e. The molecule has 0 saturated carbocycles. The molecular formula is C12H11BrN2O3. The van der Waals surface area contributed by atoms with Gasteiger partial charge in [0.15, 0.2) is 5.75 Å². The lowest BCUT2D eigenvalue weighted by molar-refractivity contribution is 0.263. The van der Waals surface area contributed by atoms with Crippen LogP contribution in [-0.4, -0.2) is 36.4 Å². The minimum atomic E-state index is 0.200. The summed E-state index contributed by atoms with van der Waals surface area (Å²) < 4.78 is 16.8. The van der Waals surface area contributed by atoms with Crippen molar-refractivity contribution in [1.82, 2.24) is 9.97 Å². The van der Waals surface area contributed by atoms with Crippen LogP contribution in [0, 0.1) is 0 Å². The number of hydrogen-bond donors (Lipinski definition) is 0. The van der Waals surface area contributed by atoms with Crippen molar-refractivity contribution in [3.05, 3.63) is 22.8 Å². The molecule has 0 amide bonds. The van der Waals surface area contributed by atoms with Crippen molar-refractivity contribution in [1.29, 1.82) is 0 Å². The summed E-state index contributed by atoms with van der Waals surface area (Å²) in [5.74, 6) is 1.21. The van der Waals surface area contributed by atoms with Crippen LogP contribution in [0.3, 0.4) is 0 Å². The van der Waals surface area contributed by atoms with Gasteiger partial charge in [0.25, 0.3) is 0 Å². The molecule has 3 heterocycles. The Morgan fingerprint density at radius 2 is 2.33 bits per heavy atom. The molecule has 94 valence electrons. The molecule has 0 aliphatic carbocycles. The van der Waals surface area contributed by atoms with E-state index in [9.17, 15) is 0 Å². The lowest BCUT2D eigenvalue weighted by Crippen LogP contribution is -2.06. The smallest absolute Gasteiger partial charge is 0.213 e. The van der Waals surface area contributed by atoms with Crippen molar-refractivity contribution in [2.45, 2.75) is 6.10 Å². The Kier molecular flexibility index (Phi) is 3.05. The van der Waals surface area contributed by atoms with Gasteiger partial charge in [-0.25, -0.2) is 4.98 Å². The van der Waals surface area contributed by atoms with Gasteiger partial charge in [0, 0.05) is 12.3 Å². The second kappa shape index (κ2) is 4.70. The van der Waals surface area contributed by atoms with E-state index >= 15 is 0 Å². The monoisotopic (exact) mass is 310 g/mol. The van der Waals surface area contributed by atoms with Gasteiger partial charge in [-0.15, -0.1) is 0 Å². The number of rotatable bonds is 4. The highest BCUT2D eigenvalue weighted by Gasteiger charge is 2.24. The molecule has 0 spiro atoms. The van der Waals surface area contributed by atoms with E-state index in [2.05, 4.69) is 25.9 Å². The van der Waals surface area contributed by atoms with Gasteiger partial charge >= 0.3 is 0 Å². The Morgan fingerprint density at radius 3 is 3.06 bits per heavy atom. The molecule has 6 heteroatoms. The Balaban J connectivity index is 2.03. The molecule has 1 saturated heterocycles. The Morgan fingerprint density at radius 1 is 1.50 bits per heavy atom. The van der Waals surface area contributed by atoms with Gasteiger partial charge in [-0.1, -0.05) is 0 Å². The van der Waals surface area contributed by atoms with Crippen LogP contribution in [0.1, 0.15) is 0 Å². The van der Waals surface area contributed by atoms with E-state index in [0.717, 1.165) is 16.6 Å². The van der Waals surface area contributed by atoms with Crippen molar-refractivity contribution in [2.24, 2.45) is 0 Å². The maximum Gasteiger partial charge on any atom is 0.213 e. The van der Waals surface area contributed by atoms with Gasteiger partial charge in [0.2, 0.25) is 5.88 Å². The number of epoxide rings is 1. The molecule has 0 N–H and O–H groups in total. The van der Waals surface area contributed by atoms with Crippen LogP contribution in [0.2, 0.25) is 0 Å². The van der Waals surface area contributed by atoms with Crippen molar-refractivity contribution in [3.8, 4) is 11.6 Å². The third-order valence-electron chi connectivity index (χ3n) is 2.62. The van der Waals surface area contributed by atoms with Gasteiger partial charge < -0.3 is 14.2 Å². The first kappa shape index (κ1) is 11.7. The second-order valence-electron chi connectivity index (χ2n) is 3.92. The zero-order valence-corrected chi connectivity index (χ0v) is 11.3. The van der Waals surface area contributed by atoms with Gasteiger partial charge in [0.1, 0.15) is 18.2 Å². The molecule has 0 bridgehead atoms. The maximum absolute atomic E-state index is 5.74. The van der Waals surface area contributed by atoms with Crippen molar-refractivity contribution >= 4 is 27.0 Å². The molecule has 5 nitrogen and oxygen atoms in total. The summed E-state index contributed by atoms with van der Waals surface area (Å²) in [4.78, 5) is 8.66. The lowest BCUT2D eigenvalue weighted by Gasteiger charge is -2.10. The van der Waals surface area contributed by atoms with E-state index in [4.69, 9.17) is 14.2 Å². The molecular weight excluding hydrogens is 300 g/mol. The fraction of sp³-hybridized carbons (Fsp3) is 0.333. The van der Waals surface area contributed by atoms with Gasteiger partial charge in [-0.05, 0) is 22.0 Å². The molecule has 1 unspecified atom stereocenters. The number of nitrogens with zero attached hydrogens (tertiary/aromatic N) is 2. The summed E-state index contributed by atoms with van der Waals surface area (Å²) in [7, 11) is 1.58. The fourth-order valence-electron chi connectivity index (χ4n) is 1.59. The van der Waals surface area contributed by atoms with Gasteiger partial charge in [-0.3, -0.25) is 4.98 Å². The van der Waals surface area contributed by atoms with E-state index < -0.39 is 0 Å². The van der Waals surface area contributed by atoms with Crippen molar-refractivity contribution < 1.29 is 14.2 Å². The number of aromatic nitrogens is 2. The Hall–Kier alpha value is -1.40. The van der Waals surface area contributed by atoms with Gasteiger partial charge in [-0.2, -0.15) is 0 Å². The van der Waals surface area contributed by atoms with Crippen LogP contribution in [0.4, 0.5) is 0 Å². The van der Waals surface area contributed by atoms with Crippen molar-refractivity contribution in [3.63, 3.8) is 0 Å². The molecule has 2 aromatic rings. The van der Waals surface area contributed by atoms with E-state index in [-0.39, 0.29) is 6.10 Å². The van der Waals surface area contributed by atoms with E-state index in [1.807, 2.05) is 6.07 Å². The summed E-state index contributed by atoms with van der Waals surface area (Å²) in [6, 6.07) is 3.63. The quantitative estimate of drug-likeness (QED) is 0.810. The van der Waals surface area contributed by atoms with Crippen LogP contribution < -0.4 is 9.47 Å². The minimum Gasteiger partial charge on any atom is -0.487 e. The Labute approximate surface area is 112 Å². The maximum atomic E-state index is 5.74. The third kappa shape index (κ3) is 2.26. The standard InChI is InChI=1S/C12H11BrN2O3/c1-16-10-3-2-9-11(15-10)12(8(13)4-14-9)18-6-7-5-17-7/h2-4,7H,5-6H2,1H3. The predicted octanol–water partition coefficient (Wildman–Crippen LogP) is 2.18. The van der Waals surface area contributed by atoms with E-state index in [1.165, 1.54) is 0 Å². The molecule has 1 aliphatic rings. The number of methoxy groups -OCH3 is 1. The average Bonchev–Trinajstić information content (AvgIpc) is 3.21. The first-order valence-electron chi connectivity index (χ1n) is 5.51. The molecule has 0 aromatic carbocycles. The summed E-state index contributed by atoms with van der Waals surface area (Å²) in [5, 5.41) is 0. The fourth-order valence-corrected chi connectivity index (χ4v) is 2.00. The van der Waals surface area contributed by atoms with Crippen LogP contribution in [0.25, 0.3) is 11.0 Å². The zero-order chi connectivity index (χ0) is 12.5. The third-order valence-corrected chi connectivity index (χ3v) is 3.19. The highest BCUT2D eigenvalue weighted by molar-refractivity contribution is 9.10. The summed E-state index contributed by atoms with van der Waals surface area (Å²) >= 11 is 3.43. The Bertz CT molecular complexity index is 587. The van der Waals surface area contributed by atoms with Gasteiger partial charge in [0.05, 0.1) is 23.7 Å². The van der Waals surface area contributed by atoms with E-state index in [0.29, 0.717) is 23.8 Å². The molecule has 2 aromatic heterocycles. The van der Waals surface area contributed by atoms with Crippen molar-refractivity contribution in [2.75, 3.05) is 20.3 Å². The highest BCUT2D eigenvalue weighted by atomic mass is 79.9. The minimum absolute atomic E-state index is 0.200. The number of halogens is 1. The summed E-state index contributed by atoms with van der Waals surface area (Å²) in [5.41, 5.74) is 1.45. The molecule has 1 fully saturated rings. The van der Waals surface area contributed by atoms with Crippen LogP contribution in [0.5, 0.6) is 11.6 Å². The number of ether oxygens (including phenoxy) is 3. The number of fused-ring (bicyclic) bond motifs is 1. The van der Waals surface area contributed by atoms with E-state index in [1.54, 1.807) is 19.4 Å². The average molecular weight is 311 g/mol. The molecule has 3 rings (SSSR count). The normalized spacial score (nSPS) is 17.8. The topological polar surface area (TPSA) is 56.8 Å². The highest BCUT2D eigenvalue weighted by Crippen LogP contribution is 2.32.